The topological polar surface area (TPSA) is 118 Å². The van der Waals surface area contributed by atoms with E-state index in [1.165, 1.54) is 0 Å². The molecular formula is C12H16O7. The Bertz CT molecular complexity index is 385. The molecule has 0 aromatic carbocycles. The predicted molar refractivity (Wildman–Crippen MR) is 61.1 cm³/mol. The van der Waals surface area contributed by atoms with E-state index in [0.29, 0.717) is 6.42 Å². The van der Waals surface area contributed by atoms with E-state index in [4.69, 9.17) is 10.2 Å². The smallest absolute Gasteiger partial charge is 0.343 e. The van der Waals surface area contributed by atoms with Gasteiger partial charge in [0.2, 0.25) is 0 Å². The highest BCUT2D eigenvalue weighted by atomic mass is 16.6. The van der Waals surface area contributed by atoms with E-state index in [1.54, 1.807) is 0 Å². The second-order valence-electron chi connectivity index (χ2n) is 4.53. The van der Waals surface area contributed by atoms with Crippen LogP contribution in [0.3, 0.4) is 0 Å². The summed E-state index contributed by atoms with van der Waals surface area (Å²) in [5.74, 6) is -7.36. The van der Waals surface area contributed by atoms with Crippen molar-refractivity contribution in [2.75, 3.05) is 0 Å². The van der Waals surface area contributed by atoms with E-state index in [-0.39, 0.29) is 6.42 Å². The standard InChI is InChI=1S/C12H16O7/c1-2-3-4-5-6-7(8(13)14)12(9(15)16)10(17)19-11(12)18/h7H,2-6H2,1H3,(H,13,14)(H,15,16). The van der Waals surface area contributed by atoms with Crippen molar-refractivity contribution < 1.29 is 34.1 Å². The van der Waals surface area contributed by atoms with Crippen molar-refractivity contribution in [1.82, 2.24) is 0 Å². The first-order chi connectivity index (χ1) is 8.88. The van der Waals surface area contributed by atoms with Gasteiger partial charge in [0.05, 0.1) is 5.92 Å². The molecule has 1 unspecified atom stereocenters. The van der Waals surface area contributed by atoms with Crippen molar-refractivity contribution in [1.29, 1.82) is 0 Å². The number of carbonyl (C=O) groups is 4. The Labute approximate surface area is 109 Å². The summed E-state index contributed by atoms with van der Waals surface area (Å²) in [5, 5.41) is 18.2. The summed E-state index contributed by atoms with van der Waals surface area (Å²) in [7, 11) is 0. The van der Waals surface area contributed by atoms with Crippen LogP contribution in [0.15, 0.2) is 0 Å². The maximum atomic E-state index is 11.4. The fourth-order valence-corrected chi connectivity index (χ4v) is 2.19. The zero-order valence-corrected chi connectivity index (χ0v) is 10.5. The van der Waals surface area contributed by atoms with Crippen LogP contribution in [0.4, 0.5) is 0 Å². The van der Waals surface area contributed by atoms with Crippen molar-refractivity contribution >= 4 is 23.9 Å². The van der Waals surface area contributed by atoms with Gasteiger partial charge in [0, 0.05) is 0 Å². The van der Waals surface area contributed by atoms with E-state index in [0.717, 1.165) is 19.3 Å². The van der Waals surface area contributed by atoms with Crippen LogP contribution in [0.1, 0.15) is 39.0 Å². The van der Waals surface area contributed by atoms with Crippen molar-refractivity contribution in [3.05, 3.63) is 0 Å². The Morgan fingerprint density at radius 2 is 1.74 bits per heavy atom. The summed E-state index contributed by atoms with van der Waals surface area (Å²) >= 11 is 0. The largest absolute Gasteiger partial charge is 0.481 e. The first kappa shape index (κ1) is 15.1. The quantitative estimate of drug-likeness (QED) is 0.381. The molecule has 2 N–H and O–H groups in total. The van der Waals surface area contributed by atoms with Crippen molar-refractivity contribution in [2.45, 2.75) is 39.0 Å². The molecule has 0 amide bonds. The van der Waals surface area contributed by atoms with Crippen LogP contribution in [0.5, 0.6) is 0 Å². The van der Waals surface area contributed by atoms with Gasteiger partial charge in [0.1, 0.15) is 0 Å². The maximum absolute atomic E-state index is 11.4. The van der Waals surface area contributed by atoms with Crippen LogP contribution in [0.2, 0.25) is 0 Å². The van der Waals surface area contributed by atoms with Gasteiger partial charge in [0.25, 0.3) is 5.41 Å². The number of esters is 2. The molecule has 0 bridgehead atoms. The van der Waals surface area contributed by atoms with E-state index in [2.05, 4.69) is 4.74 Å². The Hall–Kier alpha value is -1.92. The predicted octanol–water partition coefficient (Wildman–Crippen LogP) is 0.812. The third kappa shape index (κ3) is 2.45. The van der Waals surface area contributed by atoms with E-state index < -0.39 is 35.2 Å². The molecule has 0 aliphatic carbocycles. The van der Waals surface area contributed by atoms with E-state index in [1.807, 2.05) is 6.92 Å². The van der Waals surface area contributed by atoms with E-state index >= 15 is 0 Å². The number of carboxylic acids is 2. The normalized spacial score (nSPS) is 18.4. The summed E-state index contributed by atoms with van der Waals surface area (Å²) in [5.41, 5.74) is -2.56. The lowest BCUT2D eigenvalue weighted by molar-refractivity contribution is -0.210. The summed E-state index contributed by atoms with van der Waals surface area (Å²) in [6.07, 6.45) is 2.94. The Balaban J connectivity index is 2.90. The number of cyclic esters (lactones) is 2. The lowest BCUT2D eigenvalue weighted by atomic mass is 9.70. The third-order valence-corrected chi connectivity index (χ3v) is 3.33. The molecule has 19 heavy (non-hydrogen) atoms. The molecule has 7 nitrogen and oxygen atoms in total. The average Bonchev–Trinajstić information content (AvgIpc) is 2.32. The van der Waals surface area contributed by atoms with E-state index in [9.17, 15) is 19.2 Å². The first-order valence-electron chi connectivity index (χ1n) is 6.11. The van der Waals surface area contributed by atoms with Gasteiger partial charge in [-0.25, -0.2) is 9.59 Å². The summed E-state index contributed by atoms with van der Waals surface area (Å²) in [6, 6.07) is 0. The minimum Gasteiger partial charge on any atom is -0.481 e. The molecule has 1 heterocycles. The van der Waals surface area contributed by atoms with Gasteiger partial charge >= 0.3 is 23.9 Å². The van der Waals surface area contributed by atoms with Crippen LogP contribution in [0, 0.1) is 11.3 Å². The van der Waals surface area contributed by atoms with Gasteiger partial charge in [-0.1, -0.05) is 32.6 Å². The molecule has 0 saturated carbocycles. The number of carbonyl (C=O) groups excluding carboxylic acids is 2. The molecule has 1 aliphatic heterocycles. The molecule has 0 radical (unpaired) electrons. The number of carboxylic acid groups (broad SMARTS) is 2. The molecule has 0 aromatic rings. The van der Waals surface area contributed by atoms with Crippen LogP contribution in [-0.4, -0.2) is 34.1 Å². The molecule has 1 saturated heterocycles. The molecule has 0 spiro atoms. The molecule has 7 heteroatoms. The number of rotatable bonds is 8. The van der Waals surface area contributed by atoms with Gasteiger partial charge in [-0.3, -0.25) is 9.59 Å². The number of unbranched alkanes of at least 4 members (excludes halogenated alkanes) is 3. The molecule has 1 atom stereocenters. The zero-order valence-electron chi connectivity index (χ0n) is 10.5. The minimum absolute atomic E-state index is 0.0392. The summed E-state index contributed by atoms with van der Waals surface area (Å²) in [6.45, 7) is 1.97. The number of hydrogen-bond donors (Lipinski definition) is 2. The fourth-order valence-electron chi connectivity index (χ4n) is 2.19. The average molecular weight is 272 g/mol. The SMILES string of the molecule is CCCCCCC(C(=O)O)C1(C(=O)O)C(=O)OC1=O. The van der Waals surface area contributed by atoms with Crippen molar-refractivity contribution in [3.63, 3.8) is 0 Å². The minimum atomic E-state index is -2.56. The number of aliphatic carboxylic acids is 2. The Morgan fingerprint density at radius 1 is 1.16 bits per heavy atom. The number of hydrogen-bond acceptors (Lipinski definition) is 5. The maximum Gasteiger partial charge on any atom is 0.343 e. The highest BCUT2D eigenvalue weighted by molar-refractivity contribution is 6.29. The van der Waals surface area contributed by atoms with Crippen LogP contribution in [0.25, 0.3) is 0 Å². The van der Waals surface area contributed by atoms with Gasteiger partial charge in [-0.15, -0.1) is 0 Å². The molecule has 1 aliphatic rings. The summed E-state index contributed by atoms with van der Waals surface area (Å²) < 4.78 is 4.05. The van der Waals surface area contributed by atoms with Crippen molar-refractivity contribution in [3.8, 4) is 0 Å². The molecule has 1 rings (SSSR count). The third-order valence-electron chi connectivity index (χ3n) is 3.33. The lowest BCUT2D eigenvalue weighted by Crippen LogP contribution is -2.64. The van der Waals surface area contributed by atoms with Gasteiger partial charge in [-0.05, 0) is 6.42 Å². The highest BCUT2D eigenvalue weighted by Gasteiger charge is 2.71. The Morgan fingerprint density at radius 3 is 2.11 bits per heavy atom. The second kappa shape index (κ2) is 5.81. The molecule has 0 aromatic heterocycles. The lowest BCUT2D eigenvalue weighted by Gasteiger charge is -2.36. The van der Waals surface area contributed by atoms with Crippen molar-refractivity contribution in [2.24, 2.45) is 11.3 Å². The van der Waals surface area contributed by atoms with Gasteiger partial charge in [-0.2, -0.15) is 0 Å². The van der Waals surface area contributed by atoms with Gasteiger partial charge < -0.3 is 14.9 Å². The summed E-state index contributed by atoms with van der Waals surface area (Å²) in [4.78, 5) is 45.1. The number of ether oxygens (including phenoxy) is 1. The Kier molecular flexibility index (Phi) is 4.63. The zero-order chi connectivity index (χ0) is 14.6. The van der Waals surface area contributed by atoms with Gasteiger partial charge in [0.15, 0.2) is 0 Å². The van der Waals surface area contributed by atoms with Crippen LogP contribution >= 0.6 is 0 Å². The monoisotopic (exact) mass is 272 g/mol. The highest BCUT2D eigenvalue weighted by Crippen LogP contribution is 2.42. The molecule has 1 fully saturated rings. The molecule has 106 valence electrons. The van der Waals surface area contributed by atoms with Crippen LogP contribution < -0.4 is 0 Å². The first-order valence-corrected chi connectivity index (χ1v) is 6.11. The fraction of sp³-hybridized carbons (Fsp3) is 0.667. The second-order valence-corrected chi connectivity index (χ2v) is 4.53. The van der Waals surface area contributed by atoms with Crippen LogP contribution in [-0.2, 0) is 23.9 Å². The molecular weight excluding hydrogens is 256 g/mol.